The second-order valence-electron chi connectivity index (χ2n) is 3.99. The predicted octanol–water partition coefficient (Wildman–Crippen LogP) is -1.38. The van der Waals surface area contributed by atoms with Crippen molar-refractivity contribution in [3.63, 3.8) is 0 Å². The number of hydrogen-bond donors (Lipinski definition) is 3. The molecule has 0 heterocycles. The molecule has 0 aliphatic carbocycles. The van der Waals surface area contributed by atoms with Crippen LogP contribution >= 0.6 is 0 Å². The summed E-state index contributed by atoms with van der Waals surface area (Å²) in [6.45, 7) is 0.965. The first-order chi connectivity index (χ1) is 9.15. The number of rotatable bonds is 7. The monoisotopic (exact) mass is 266 g/mol. The Morgan fingerprint density at radius 1 is 1.16 bits per heavy atom. The second-order valence-corrected chi connectivity index (χ2v) is 3.99. The van der Waals surface area contributed by atoms with Crippen molar-refractivity contribution in [3.05, 3.63) is 29.8 Å². The van der Waals surface area contributed by atoms with Crippen LogP contribution in [0, 0.1) is 0 Å². The summed E-state index contributed by atoms with van der Waals surface area (Å²) < 4.78 is 5.05. The van der Waals surface area contributed by atoms with E-state index in [1.54, 1.807) is 19.5 Å². The number of carbonyl (C=O) groups is 2. The first kappa shape index (κ1) is 15.0. The number of quaternary nitrogens is 1. The molecule has 4 N–H and O–H groups in total. The lowest BCUT2D eigenvalue weighted by Gasteiger charge is -2.05. The minimum atomic E-state index is -0.0975. The van der Waals surface area contributed by atoms with Crippen molar-refractivity contribution >= 4 is 11.8 Å². The molecule has 0 unspecified atom stereocenters. The van der Waals surface area contributed by atoms with E-state index < -0.39 is 0 Å². The summed E-state index contributed by atoms with van der Waals surface area (Å²) in [5.41, 5.74) is 1.00. The van der Waals surface area contributed by atoms with E-state index in [1.165, 1.54) is 0 Å². The molecule has 1 aromatic carbocycles. The van der Waals surface area contributed by atoms with Gasteiger partial charge in [0, 0.05) is 13.6 Å². The van der Waals surface area contributed by atoms with E-state index in [0.717, 1.165) is 11.3 Å². The number of nitrogens with one attached hydrogen (secondary N) is 2. The summed E-state index contributed by atoms with van der Waals surface area (Å²) in [6.07, 6.45) is 0. The molecule has 0 atom stereocenters. The van der Waals surface area contributed by atoms with Crippen LogP contribution in [0.15, 0.2) is 24.3 Å². The smallest absolute Gasteiger partial charge is 0.275 e. The topological polar surface area (TPSA) is 84.0 Å². The average Bonchev–Trinajstić information content (AvgIpc) is 2.45. The van der Waals surface area contributed by atoms with E-state index in [9.17, 15) is 9.59 Å². The highest BCUT2D eigenvalue weighted by molar-refractivity contribution is 5.78. The van der Waals surface area contributed by atoms with Crippen LogP contribution < -0.4 is 20.7 Å². The third-order valence-electron chi connectivity index (χ3n) is 2.59. The summed E-state index contributed by atoms with van der Waals surface area (Å²) in [5.74, 6) is 0.594. The Kier molecular flexibility index (Phi) is 6.38. The molecule has 0 spiro atoms. The minimum absolute atomic E-state index is 0.0945. The quantitative estimate of drug-likeness (QED) is 0.569. The number of carbonyl (C=O) groups excluding carboxylic acids is 2. The van der Waals surface area contributed by atoms with Crippen molar-refractivity contribution in [1.82, 2.24) is 10.6 Å². The van der Waals surface area contributed by atoms with Crippen LogP contribution in [0.5, 0.6) is 5.75 Å². The number of methoxy groups -OCH3 is 1. The van der Waals surface area contributed by atoms with Gasteiger partial charge in [-0.2, -0.15) is 0 Å². The zero-order valence-electron chi connectivity index (χ0n) is 11.2. The molecule has 0 saturated carbocycles. The van der Waals surface area contributed by atoms with Gasteiger partial charge in [0.15, 0.2) is 13.1 Å². The molecule has 0 saturated heterocycles. The standard InChI is InChI=1S/C13H19N3O3/c1-14-12(17)8-15-9-13(18)16-7-10-3-5-11(19-2)6-4-10/h3-6,15H,7-9H2,1-2H3,(H,14,17)(H,16,18)/p+1. The molecule has 0 fully saturated rings. The molecular formula is C13H20N3O3+. The Hall–Kier alpha value is -2.08. The molecule has 104 valence electrons. The normalized spacial score (nSPS) is 9.79. The van der Waals surface area contributed by atoms with Gasteiger partial charge in [-0.1, -0.05) is 12.1 Å². The molecule has 2 amide bonds. The minimum Gasteiger partial charge on any atom is -0.497 e. The molecule has 0 aromatic heterocycles. The Balaban J connectivity index is 2.23. The van der Waals surface area contributed by atoms with Crippen LogP contribution in [0.1, 0.15) is 5.56 Å². The maximum absolute atomic E-state index is 11.5. The molecule has 1 aromatic rings. The van der Waals surface area contributed by atoms with Gasteiger partial charge in [0.1, 0.15) is 5.75 Å². The molecule has 0 aliphatic rings. The highest BCUT2D eigenvalue weighted by atomic mass is 16.5. The molecule has 6 heteroatoms. The van der Waals surface area contributed by atoms with E-state index in [1.807, 2.05) is 24.3 Å². The fraction of sp³-hybridized carbons (Fsp3) is 0.385. The highest BCUT2D eigenvalue weighted by Gasteiger charge is 2.05. The number of likely N-dealkylation sites (N-methyl/N-ethyl adjacent to an activating group) is 1. The van der Waals surface area contributed by atoms with Crippen molar-refractivity contribution in [2.24, 2.45) is 0 Å². The van der Waals surface area contributed by atoms with Crippen molar-refractivity contribution < 1.29 is 19.6 Å². The van der Waals surface area contributed by atoms with E-state index in [0.29, 0.717) is 6.54 Å². The number of benzene rings is 1. The van der Waals surface area contributed by atoms with E-state index >= 15 is 0 Å². The lowest BCUT2D eigenvalue weighted by atomic mass is 10.2. The summed E-state index contributed by atoms with van der Waals surface area (Å²) in [4.78, 5) is 22.5. The Morgan fingerprint density at radius 2 is 1.79 bits per heavy atom. The van der Waals surface area contributed by atoms with Gasteiger partial charge in [-0.15, -0.1) is 0 Å². The van der Waals surface area contributed by atoms with Crippen LogP contribution in [-0.2, 0) is 16.1 Å². The van der Waals surface area contributed by atoms with Crippen LogP contribution in [0.2, 0.25) is 0 Å². The molecule has 0 bridgehead atoms. The Morgan fingerprint density at radius 3 is 2.37 bits per heavy atom. The summed E-state index contributed by atoms with van der Waals surface area (Å²) >= 11 is 0. The molecule has 0 radical (unpaired) electrons. The van der Waals surface area contributed by atoms with Gasteiger partial charge in [-0.25, -0.2) is 0 Å². The SMILES string of the molecule is CNC(=O)C[NH2+]CC(=O)NCc1ccc(OC)cc1. The van der Waals surface area contributed by atoms with Gasteiger partial charge in [0.05, 0.1) is 7.11 Å². The third kappa shape index (κ3) is 5.87. The number of amides is 2. The van der Waals surface area contributed by atoms with Gasteiger partial charge < -0.3 is 20.7 Å². The van der Waals surface area contributed by atoms with Gasteiger partial charge in [-0.05, 0) is 17.7 Å². The second kappa shape index (κ2) is 8.10. The first-order valence-corrected chi connectivity index (χ1v) is 6.07. The number of hydrogen-bond acceptors (Lipinski definition) is 3. The lowest BCUT2D eigenvalue weighted by Crippen LogP contribution is -2.88. The van der Waals surface area contributed by atoms with Crippen molar-refractivity contribution in [3.8, 4) is 5.75 Å². The van der Waals surface area contributed by atoms with Crippen molar-refractivity contribution in [2.75, 3.05) is 27.2 Å². The Labute approximate surface area is 112 Å². The van der Waals surface area contributed by atoms with Gasteiger partial charge in [-0.3, -0.25) is 9.59 Å². The van der Waals surface area contributed by atoms with Gasteiger partial charge in [0.2, 0.25) is 0 Å². The fourth-order valence-electron chi connectivity index (χ4n) is 1.45. The third-order valence-corrected chi connectivity index (χ3v) is 2.59. The molecule has 6 nitrogen and oxygen atoms in total. The fourth-order valence-corrected chi connectivity index (χ4v) is 1.45. The lowest BCUT2D eigenvalue weighted by molar-refractivity contribution is -0.633. The van der Waals surface area contributed by atoms with E-state index in [4.69, 9.17) is 4.74 Å². The largest absolute Gasteiger partial charge is 0.497 e. The highest BCUT2D eigenvalue weighted by Crippen LogP contribution is 2.10. The first-order valence-electron chi connectivity index (χ1n) is 6.07. The van der Waals surface area contributed by atoms with Crippen molar-refractivity contribution in [1.29, 1.82) is 0 Å². The van der Waals surface area contributed by atoms with Crippen LogP contribution in [0.4, 0.5) is 0 Å². The average molecular weight is 266 g/mol. The predicted molar refractivity (Wildman–Crippen MR) is 70.6 cm³/mol. The van der Waals surface area contributed by atoms with Crippen LogP contribution in [-0.4, -0.2) is 39.1 Å². The van der Waals surface area contributed by atoms with E-state index in [2.05, 4.69) is 10.6 Å². The molecule has 1 rings (SSSR count). The zero-order valence-corrected chi connectivity index (χ0v) is 11.2. The number of ether oxygens (including phenoxy) is 1. The maximum atomic E-state index is 11.5. The zero-order chi connectivity index (χ0) is 14.1. The summed E-state index contributed by atoms with van der Waals surface area (Å²) in [5, 5.41) is 6.93. The molecule has 0 aliphatic heterocycles. The summed E-state index contributed by atoms with van der Waals surface area (Å²) in [6, 6.07) is 7.49. The molecule has 19 heavy (non-hydrogen) atoms. The maximum Gasteiger partial charge on any atom is 0.275 e. The molecular weight excluding hydrogens is 246 g/mol. The summed E-state index contributed by atoms with van der Waals surface area (Å²) in [7, 11) is 3.18. The number of nitrogens with two attached hydrogens (primary N) is 1. The Bertz CT molecular complexity index is 418. The van der Waals surface area contributed by atoms with E-state index in [-0.39, 0.29) is 24.9 Å². The van der Waals surface area contributed by atoms with Crippen molar-refractivity contribution in [2.45, 2.75) is 6.54 Å². The van der Waals surface area contributed by atoms with Crippen LogP contribution in [0.3, 0.4) is 0 Å². The van der Waals surface area contributed by atoms with Gasteiger partial charge in [0.25, 0.3) is 11.8 Å². The van der Waals surface area contributed by atoms with Crippen LogP contribution in [0.25, 0.3) is 0 Å². The van der Waals surface area contributed by atoms with Gasteiger partial charge >= 0.3 is 0 Å².